The average Bonchev–Trinajstić information content (AvgIpc) is 2.39. The predicted octanol–water partition coefficient (Wildman–Crippen LogP) is 1.36. The fourth-order valence-corrected chi connectivity index (χ4v) is 2.18. The van der Waals surface area contributed by atoms with Crippen molar-refractivity contribution in [2.75, 3.05) is 26.2 Å². The van der Waals surface area contributed by atoms with E-state index in [1.54, 1.807) is 29.2 Å². The van der Waals surface area contributed by atoms with Gasteiger partial charge in [0.25, 0.3) is 5.91 Å². The van der Waals surface area contributed by atoms with Crippen molar-refractivity contribution in [3.63, 3.8) is 0 Å². The minimum Gasteiger partial charge on any atom is -0.378 e. The standard InChI is InChI=1S/C12H15ClN2O2S/c13-10-3-1-9(2-4-10)11(16)12(17)14-5-7-15(18)8-6-14/h1-4,11,16,18H,5-8H2. The maximum Gasteiger partial charge on any atom is 0.256 e. The Labute approximate surface area is 117 Å². The van der Waals surface area contributed by atoms with Crippen molar-refractivity contribution >= 4 is 30.3 Å². The Kier molecular flexibility index (Phi) is 4.50. The highest BCUT2D eigenvalue weighted by molar-refractivity contribution is 7.77. The Morgan fingerprint density at radius 2 is 1.78 bits per heavy atom. The number of halogens is 1. The Morgan fingerprint density at radius 1 is 1.22 bits per heavy atom. The van der Waals surface area contributed by atoms with Crippen molar-refractivity contribution in [2.24, 2.45) is 0 Å². The molecule has 2 rings (SSSR count). The van der Waals surface area contributed by atoms with Gasteiger partial charge in [0.15, 0.2) is 6.10 Å². The molecule has 1 heterocycles. The van der Waals surface area contributed by atoms with E-state index < -0.39 is 6.10 Å². The lowest BCUT2D eigenvalue weighted by atomic mass is 10.1. The molecule has 0 aromatic heterocycles. The minimum atomic E-state index is -1.12. The van der Waals surface area contributed by atoms with Crippen molar-refractivity contribution < 1.29 is 9.90 Å². The highest BCUT2D eigenvalue weighted by atomic mass is 35.5. The maximum absolute atomic E-state index is 12.1. The van der Waals surface area contributed by atoms with Gasteiger partial charge in [-0.3, -0.25) is 4.79 Å². The molecule has 0 aliphatic carbocycles. The first kappa shape index (κ1) is 13.7. The lowest BCUT2D eigenvalue weighted by Crippen LogP contribution is -2.47. The van der Waals surface area contributed by atoms with Crippen molar-refractivity contribution in [2.45, 2.75) is 6.10 Å². The Hall–Kier alpha value is -0.750. The molecule has 1 fully saturated rings. The van der Waals surface area contributed by atoms with Crippen molar-refractivity contribution in [1.82, 2.24) is 9.21 Å². The summed E-state index contributed by atoms with van der Waals surface area (Å²) in [7, 11) is 0. The number of aliphatic hydroxyl groups is 1. The molecule has 1 saturated heterocycles. The zero-order valence-corrected chi connectivity index (χ0v) is 11.4. The number of benzene rings is 1. The largest absolute Gasteiger partial charge is 0.378 e. The summed E-state index contributed by atoms with van der Waals surface area (Å²) in [6.45, 7) is 2.60. The van der Waals surface area contributed by atoms with E-state index in [9.17, 15) is 9.90 Å². The summed E-state index contributed by atoms with van der Waals surface area (Å²) in [6, 6.07) is 6.66. The summed E-state index contributed by atoms with van der Waals surface area (Å²) in [6.07, 6.45) is -1.12. The second-order valence-electron chi connectivity index (χ2n) is 4.23. The molecule has 6 heteroatoms. The van der Waals surface area contributed by atoms with Crippen LogP contribution in [-0.4, -0.2) is 46.4 Å². The van der Waals surface area contributed by atoms with Crippen LogP contribution in [0.1, 0.15) is 11.7 Å². The van der Waals surface area contributed by atoms with Gasteiger partial charge in [-0.25, -0.2) is 4.31 Å². The summed E-state index contributed by atoms with van der Waals surface area (Å²) < 4.78 is 1.86. The molecule has 0 spiro atoms. The normalized spacial score (nSPS) is 18.7. The molecule has 18 heavy (non-hydrogen) atoms. The highest BCUT2D eigenvalue weighted by Crippen LogP contribution is 2.19. The SMILES string of the molecule is O=C(C(O)c1ccc(Cl)cc1)N1CCN(S)CC1. The van der Waals surface area contributed by atoms with Gasteiger partial charge in [-0.1, -0.05) is 36.5 Å². The molecule has 1 aromatic carbocycles. The lowest BCUT2D eigenvalue weighted by Gasteiger charge is -2.32. The third kappa shape index (κ3) is 3.17. The van der Waals surface area contributed by atoms with E-state index in [2.05, 4.69) is 12.8 Å². The van der Waals surface area contributed by atoms with Crippen LogP contribution in [0.25, 0.3) is 0 Å². The van der Waals surface area contributed by atoms with E-state index in [0.29, 0.717) is 36.8 Å². The quantitative estimate of drug-likeness (QED) is 0.807. The number of carbonyl (C=O) groups is 1. The van der Waals surface area contributed by atoms with Crippen LogP contribution in [0.4, 0.5) is 0 Å². The molecular formula is C12H15ClN2O2S. The minimum absolute atomic E-state index is 0.265. The third-order valence-electron chi connectivity index (χ3n) is 2.99. The molecule has 0 bridgehead atoms. The number of rotatable bonds is 2. The van der Waals surface area contributed by atoms with Crippen molar-refractivity contribution in [3.05, 3.63) is 34.9 Å². The molecule has 1 amide bonds. The molecule has 0 saturated carbocycles. The smallest absolute Gasteiger partial charge is 0.256 e. The number of thiol groups is 1. The fraction of sp³-hybridized carbons (Fsp3) is 0.417. The van der Waals surface area contributed by atoms with Crippen molar-refractivity contribution in [1.29, 1.82) is 0 Å². The second kappa shape index (κ2) is 5.93. The summed E-state index contributed by atoms with van der Waals surface area (Å²) in [5.41, 5.74) is 0.567. The average molecular weight is 287 g/mol. The molecule has 98 valence electrons. The maximum atomic E-state index is 12.1. The van der Waals surface area contributed by atoms with Gasteiger partial charge in [-0.05, 0) is 17.7 Å². The fourth-order valence-electron chi connectivity index (χ4n) is 1.88. The second-order valence-corrected chi connectivity index (χ2v) is 5.24. The zero-order chi connectivity index (χ0) is 13.1. The van der Waals surface area contributed by atoms with Crippen LogP contribution in [0.15, 0.2) is 24.3 Å². The van der Waals surface area contributed by atoms with E-state index in [4.69, 9.17) is 11.6 Å². The van der Waals surface area contributed by atoms with Gasteiger partial charge in [0.2, 0.25) is 0 Å². The van der Waals surface area contributed by atoms with E-state index in [-0.39, 0.29) is 5.91 Å². The van der Waals surface area contributed by atoms with E-state index in [1.165, 1.54) is 0 Å². The number of carbonyl (C=O) groups excluding carboxylic acids is 1. The Balaban J connectivity index is 2.02. The van der Waals surface area contributed by atoms with Crippen LogP contribution >= 0.6 is 24.4 Å². The first-order chi connectivity index (χ1) is 8.58. The monoisotopic (exact) mass is 286 g/mol. The predicted molar refractivity (Wildman–Crippen MR) is 73.6 cm³/mol. The summed E-state index contributed by atoms with van der Waals surface area (Å²) >= 11 is 9.99. The molecule has 0 radical (unpaired) electrons. The topological polar surface area (TPSA) is 43.8 Å². The molecule has 1 atom stereocenters. The van der Waals surface area contributed by atoms with Crippen LogP contribution < -0.4 is 0 Å². The van der Waals surface area contributed by atoms with E-state index >= 15 is 0 Å². The Morgan fingerprint density at radius 3 is 2.33 bits per heavy atom. The van der Waals surface area contributed by atoms with Gasteiger partial charge >= 0.3 is 0 Å². The first-order valence-electron chi connectivity index (χ1n) is 5.74. The van der Waals surface area contributed by atoms with Crippen LogP contribution in [0.3, 0.4) is 0 Å². The Bertz CT molecular complexity index is 419. The summed E-state index contributed by atoms with van der Waals surface area (Å²) in [5.74, 6) is -0.265. The van der Waals surface area contributed by atoms with Gasteiger partial charge in [0.1, 0.15) is 0 Å². The third-order valence-corrected chi connectivity index (χ3v) is 3.64. The molecule has 1 N–H and O–H groups in total. The molecule has 4 nitrogen and oxygen atoms in total. The lowest BCUT2D eigenvalue weighted by molar-refractivity contribution is -0.141. The number of nitrogens with zero attached hydrogens (tertiary/aromatic N) is 2. The van der Waals surface area contributed by atoms with E-state index in [1.807, 2.05) is 4.31 Å². The molecule has 1 aliphatic heterocycles. The number of amides is 1. The molecule has 1 unspecified atom stereocenters. The summed E-state index contributed by atoms with van der Waals surface area (Å²) in [5, 5.41) is 10.6. The van der Waals surface area contributed by atoms with Crippen LogP contribution in [0.2, 0.25) is 5.02 Å². The number of piperazine rings is 1. The van der Waals surface area contributed by atoms with Crippen LogP contribution in [0.5, 0.6) is 0 Å². The van der Waals surface area contributed by atoms with E-state index in [0.717, 1.165) is 0 Å². The first-order valence-corrected chi connectivity index (χ1v) is 6.52. The van der Waals surface area contributed by atoms with Gasteiger partial charge in [-0.2, -0.15) is 0 Å². The van der Waals surface area contributed by atoms with Gasteiger partial charge in [0.05, 0.1) is 0 Å². The van der Waals surface area contributed by atoms with Gasteiger partial charge < -0.3 is 10.0 Å². The summed E-state index contributed by atoms with van der Waals surface area (Å²) in [4.78, 5) is 13.7. The number of hydrogen-bond acceptors (Lipinski definition) is 4. The highest BCUT2D eigenvalue weighted by Gasteiger charge is 2.26. The number of aliphatic hydroxyl groups excluding tert-OH is 1. The van der Waals surface area contributed by atoms with Crippen molar-refractivity contribution in [3.8, 4) is 0 Å². The van der Waals surface area contributed by atoms with Crippen LogP contribution in [-0.2, 0) is 4.79 Å². The van der Waals surface area contributed by atoms with Gasteiger partial charge in [-0.15, -0.1) is 0 Å². The molecule has 1 aliphatic rings. The van der Waals surface area contributed by atoms with Crippen LogP contribution in [0, 0.1) is 0 Å². The zero-order valence-electron chi connectivity index (χ0n) is 9.79. The molecule has 1 aromatic rings. The number of hydrogen-bond donors (Lipinski definition) is 2. The van der Waals surface area contributed by atoms with Gasteiger partial charge in [0, 0.05) is 31.2 Å². The molecular weight excluding hydrogens is 272 g/mol.